The van der Waals surface area contributed by atoms with E-state index in [-0.39, 0.29) is 57.4 Å². The first-order chi connectivity index (χ1) is 33.9. The van der Waals surface area contributed by atoms with E-state index in [2.05, 4.69) is 0 Å². The molecule has 1 fully saturated rings. The normalized spacial score (nSPS) is 20.9. The zero-order valence-corrected chi connectivity index (χ0v) is 38.8. The number of amides is 2. The lowest BCUT2D eigenvalue weighted by Crippen LogP contribution is -2.68. The number of ether oxygens (including phenoxy) is 7. The van der Waals surface area contributed by atoms with Gasteiger partial charge in [0.25, 0.3) is 11.8 Å². The van der Waals surface area contributed by atoms with Gasteiger partial charge in [0.2, 0.25) is 0 Å². The van der Waals surface area contributed by atoms with Crippen molar-refractivity contribution in [1.82, 2.24) is 4.90 Å². The highest BCUT2D eigenvalue weighted by Crippen LogP contribution is 2.37. The molecule has 0 aliphatic carbocycles. The van der Waals surface area contributed by atoms with E-state index in [1.807, 2.05) is 159 Å². The minimum Gasteiger partial charge on any atom is -0.388 e. The topological polar surface area (TPSA) is 141 Å². The summed E-state index contributed by atoms with van der Waals surface area (Å²) in [5, 5.41) is 12.4. The minimum atomic E-state index is -1.49. The number of aliphatic hydroxyl groups excluding tert-OH is 1. The van der Waals surface area contributed by atoms with Gasteiger partial charge < -0.3 is 38.3 Å². The summed E-state index contributed by atoms with van der Waals surface area (Å²) in [7, 11) is 1.39. The van der Waals surface area contributed by atoms with Gasteiger partial charge in [0.05, 0.1) is 70.6 Å². The largest absolute Gasteiger partial charge is 0.388 e. The molecule has 9 atom stereocenters. The third-order valence-electron chi connectivity index (χ3n) is 12.1. The Hall–Kier alpha value is -5.94. The summed E-state index contributed by atoms with van der Waals surface area (Å²) in [5.41, 5.74) is 4.85. The quantitative estimate of drug-likeness (QED) is 0.0336. The summed E-state index contributed by atoms with van der Waals surface area (Å²) in [5.74, 6) is -1.19. The van der Waals surface area contributed by atoms with Crippen molar-refractivity contribution < 1.29 is 57.6 Å². The van der Waals surface area contributed by atoms with E-state index in [0.29, 0.717) is 0 Å². The Morgan fingerprint density at radius 1 is 0.565 bits per heavy atom. The Balaban J connectivity index is 1.20. The maximum atomic E-state index is 14.6. The predicted octanol–water partition coefficient (Wildman–Crippen LogP) is 8.28. The van der Waals surface area contributed by atoms with Gasteiger partial charge in [-0.3, -0.25) is 14.5 Å². The first kappa shape index (κ1) is 49.5. The molecule has 2 aliphatic rings. The fourth-order valence-electron chi connectivity index (χ4n) is 8.59. The zero-order chi connectivity index (χ0) is 47.8. The molecule has 8 rings (SSSR count). The second-order valence-electron chi connectivity index (χ2n) is 17.0. The van der Waals surface area contributed by atoms with Crippen molar-refractivity contribution in [3.8, 4) is 0 Å². The lowest BCUT2D eigenvalue weighted by atomic mass is 9.94. The van der Waals surface area contributed by atoms with Gasteiger partial charge in [0.15, 0.2) is 6.29 Å². The van der Waals surface area contributed by atoms with Crippen molar-refractivity contribution >= 4 is 11.8 Å². The number of benzene rings is 6. The highest BCUT2D eigenvalue weighted by atomic mass is 17.2. The molecule has 360 valence electrons. The maximum Gasteiger partial charge on any atom is 0.262 e. The number of rotatable bonds is 25. The second-order valence-corrected chi connectivity index (χ2v) is 17.0. The Kier molecular flexibility index (Phi) is 18.0. The molecule has 1 N–H and O–H groups in total. The average molecular weight is 938 g/mol. The standard InChI is InChI=1S/C56H59NO12/c1-39(64-34-42-24-12-5-13-25-42)51(65-35-43-26-14-6-15-27-43)52(48(69-61-2)38-63-33-41-22-10-4-11-23-41)68-56-49(57-54(59)45-30-18-19-31-46(45)55(57)60)53(66-36-44-28-16-7-17-29-44)50(58)47(67-56)37-62-32-40-20-8-3-9-21-40/h3-31,39,47-53,56,58H,32-38H2,1-2H3/t39-,47?,48?,49?,50-,51?,52-,53?,56?/m1/s1. The van der Waals surface area contributed by atoms with Crippen molar-refractivity contribution in [2.45, 2.75) is 95.0 Å². The number of imide groups is 1. The molecule has 0 bridgehead atoms. The smallest absolute Gasteiger partial charge is 0.262 e. The number of carbonyl (C=O) groups is 2. The highest BCUT2D eigenvalue weighted by molar-refractivity contribution is 6.21. The molecule has 69 heavy (non-hydrogen) atoms. The van der Waals surface area contributed by atoms with Gasteiger partial charge in [-0.2, -0.15) is 0 Å². The molecule has 2 aliphatic heterocycles. The Morgan fingerprint density at radius 3 is 1.52 bits per heavy atom. The Labute approximate surface area is 403 Å². The maximum absolute atomic E-state index is 14.6. The molecule has 2 amide bonds. The molecule has 6 aromatic rings. The van der Waals surface area contributed by atoms with Gasteiger partial charge in [0.1, 0.15) is 42.7 Å². The molecular formula is C56H59NO12. The van der Waals surface area contributed by atoms with Crippen LogP contribution in [0.5, 0.6) is 0 Å². The van der Waals surface area contributed by atoms with E-state index in [9.17, 15) is 14.7 Å². The number of nitrogens with zero attached hydrogens (tertiary/aromatic N) is 1. The SMILES string of the molecule is COOC(COCc1ccccc1)[C@@H](OC1OC(COCc2ccccc2)[C@@H](O)C(OCc2ccccc2)C1N1C(=O)c2ccccc2C1=O)C(OCc1ccccc1)[C@@H](C)OCc1ccccc1. The first-order valence-electron chi connectivity index (χ1n) is 23.2. The van der Waals surface area contributed by atoms with Crippen LogP contribution in [0.4, 0.5) is 0 Å². The van der Waals surface area contributed by atoms with Crippen LogP contribution in [0.25, 0.3) is 0 Å². The number of carbonyl (C=O) groups excluding carboxylic acids is 2. The summed E-state index contributed by atoms with van der Waals surface area (Å²) in [6, 6.07) is 53.4. The number of fused-ring (bicyclic) bond motifs is 1. The van der Waals surface area contributed by atoms with Crippen molar-refractivity contribution in [2.75, 3.05) is 20.3 Å². The monoisotopic (exact) mass is 937 g/mol. The molecule has 1 saturated heterocycles. The lowest BCUT2D eigenvalue weighted by molar-refractivity contribution is -0.367. The molecule has 0 saturated carbocycles. The van der Waals surface area contributed by atoms with Crippen molar-refractivity contribution in [2.24, 2.45) is 0 Å². The van der Waals surface area contributed by atoms with Crippen LogP contribution in [-0.2, 0) is 76.0 Å². The summed E-state index contributed by atoms with van der Waals surface area (Å²) in [4.78, 5) is 41.9. The van der Waals surface area contributed by atoms with Crippen molar-refractivity contribution in [3.05, 3.63) is 215 Å². The van der Waals surface area contributed by atoms with Gasteiger partial charge in [-0.25, -0.2) is 9.78 Å². The molecule has 0 radical (unpaired) electrons. The molecule has 6 unspecified atom stereocenters. The highest BCUT2D eigenvalue weighted by Gasteiger charge is 2.56. The predicted molar refractivity (Wildman–Crippen MR) is 255 cm³/mol. The van der Waals surface area contributed by atoms with Crippen LogP contribution in [0.2, 0.25) is 0 Å². The Bertz CT molecular complexity index is 2430. The van der Waals surface area contributed by atoms with Crippen LogP contribution >= 0.6 is 0 Å². The van der Waals surface area contributed by atoms with Crippen molar-refractivity contribution in [1.29, 1.82) is 0 Å². The van der Waals surface area contributed by atoms with Crippen LogP contribution in [0.15, 0.2) is 176 Å². The van der Waals surface area contributed by atoms with E-state index in [0.717, 1.165) is 32.7 Å². The third kappa shape index (κ3) is 13.0. The first-order valence-corrected chi connectivity index (χ1v) is 23.2. The second kappa shape index (κ2) is 25.1. The average Bonchev–Trinajstić information content (AvgIpc) is 3.64. The van der Waals surface area contributed by atoms with Gasteiger partial charge in [0, 0.05) is 0 Å². The molecule has 0 aromatic heterocycles. The summed E-state index contributed by atoms with van der Waals surface area (Å²) >= 11 is 0. The van der Waals surface area contributed by atoms with Crippen LogP contribution in [-0.4, -0.2) is 97.2 Å². The number of hydrogen-bond acceptors (Lipinski definition) is 12. The molecular weight excluding hydrogens is 879 g/mol. The fraction of sp³-hybridized carbons (Fsp3) is 0.321. The van der Waals surface area contributed by atoms with Crippen LogP contribution in [0.3, 0.4) is 0 Å². The summed E-state index contributed by atoms with van der Waals surface area (Å²) in [6.07, 6.45) is -9.13. The van der Waals surface area contributed by atoms with E-state index in [1.165, 1.54) is 7.11 Å². The van der Waals surface area contributed by atoms with Crippen molar-refractivity contribution in [3.63, 3.8) is 0 Å². The molecule has 0 spiro atoms. The van der Waals surface area contributed by atoms with E-state index in [4.69, 9.17) is 42.9 Å². The van der Waals surface area contributed by atoms with Gasteiger partial charge in [-0.1, -0.05) is 164 Å². The van der Waals surface area contributed by atoms with E-state index >= 15 is 0 Å². The third-order valence-corrected chi connectivity index (χ3v) is 12.1. The molecule has 13 heteroatoms. The Morgan fingerprint density at radius 2 is 1.01 bits per heavy atom. The molecule has 6 aromatic carbocycles. The molecule has 13 nitrogen and oxygen atoms in total. The van der Waals surface area contributed by atoms with Gasteiger partial charge in [-0.05, 0) is 46.9 Å². The lowest BCUT2D eigenvalue weighted by Gasteiger charge is -2.48. The van der Waals surface area contributed by atoms with Gasteiger partial charge in [-0.15, -0.1) is 0 Å². The van der Waals surface area contributed by atoms with Crippen LogP contribution in [0.1, 0.15) is 55.5 Å². The summed E-state index contributed by atoms with van der Waals surface area (Å²) in [6.45, 7) is 2.53. The number of hydrogen-bond donors (Lipinski definition) is 1. The number of aliphatic hydroxyl groups is 1. The van der Waals surface area contributed by atoms with Crippen LogP contribution < -0.4 is 0 Å². The van der Waals surface area contributed by atoms with Gasteiger partial charge >= 0.3 is 0 Å². The van der Waals surface area contributed by atoms with E-state index in [1.54, 1.807) is 24.3 Å². The molecule has 2 heterocycles. The fourth-order valence-corrected chi connectivity index (χ4v) is 8.59. The van der Waals surface area contributed by atoms with E-state index < -0.39 is 66.9 Å². The minimum absolute atomic E-state index is 0.0197. The zero-order valence-electron chi connectivity index (χ0n) is 38.8. The summed E-state index contributed by atoms with van der Waals surface area (Å²) < 4.78 is 46.8. The van der Waals surface area contributed by atoms with Crippen LogP contribution in [0, 0.1) is 0 Å².